The van der Waals surface area contributed by atoms with Gasteiger partial charge in [-0.1, -0.05) is 6.92 Å². The summed E-state index contributed by atoms with van der Waals surface area (Å²) in [6.45, 7) is 9.41. The van der Waals surface area contributed by atoms with Crippen LogP contribution in [-0.2, 0) is 13.0 Å². The average Bonchev–Trinajstić information content (AvgIpc) is 3.12. The molecule has 0 spiro atoms. The van der Waals surface area contributed by atoms with Crippen molar-refractivity contribution in [2.45, 2.75) is 45.2 Å². The lowest BCUT2D eigenvalue weighted by atomic mass is 9.93. The topological polar surface area (TPSA) is 15.3 Å². The van der Waals surface area contributed by atoms with Crippen molar-refractivity contribution in [3.8, 4) is 0 Å². The first kappa shape index (κ1) is 12.6. The molecule has 2 aliphatic rings. The Morgan fingerprint density at radius 3 is 3.06 bits per heavy atom. The highest BCUT2D eigenvalue weighted by Gasteiger charge is 2.43. The summed E-state index contributed by atoms with van der Waals surface area (Å²) in [5.41, 5.74) is 1.92. The number of hydrogen-bond donors (Lipinski definition) is 1. The molecule has 2 fully saturated rings. The third-order valence-electron chi connectivity index (χ3n) is 4.57. The Morgan fingerprint density at radius 1 is 1.50 bits per heavy atom. The van der Waals surface area contributed by atoms with Gasteiger partial charge < -0.3 is 5.32 Å². The Morgan fingerprint density at radius 2 is 2.33 bits per heavy atom. The van der Waals surface area contributed by atoms with Gasteiger partial charge in [0.25, 0.3) is 0 Å². The summed E-state index contributed by atoms with van der Waals surface area (Å²) in [5, 5.41) is 6.00. The molecule has 1 N–H and O–H groups in total. The first-order chi connectivity index (χ1) is 8.71. The predicted molar refractivity (Wildman–Crippen MR) is 78.1 cm³/mol. The summed E-state index contributed by atoms with van der Waals surface area (Å²) in [7, 11) is 0. The molecule has 0 aromatic carbocycles. The van der Waals surface area contributed by atoms with E-state index in [4.69, 9.17) is 0 Å². The maximum Gasteiger partial charge on any atom is 0.0332 e. The number of hydrogen-bond acceptors (Lipinski definition) is 3. The number of aryl methyl sites for hydroxylation is 1. The molecule has 1 aliphatic carbocycles. The highest BCUT2D eigenvalue weighted by Crippen LogP contribution is 2.41. The fraction of sp³-hybridized carbons (Fsp3) is 0.733. The van der Waals surface area contributed by atoms with Crippen molar-refractivity contribution < 1.29 is 0 Å². The van der Waals surface area contributed by atoms with Gasteiger partial charge in [-0.25, -0.2) is 0 Å². The minimum absolute atomic E-state index is 0.377. The third kappa shape index (κ3) is 2.49. The van der Waals surface area contributed by atoms with Crippen molar-refractivity contribution in [1.82, 2.24) is 10.2 Å². The average molecular weight is 264 g/mol. The molecular formula is C15H24N2S. The molecule has 3 rings (SSSR count). The van der Waals surface area contributed by atoms with Crippen molar-refractivity contribution >= 4 is 11.3 Å². The molecule has 1 aliphatic heterocycles. The van der Waals surface area contributed by atoms with Crippen LogP contribution in [0.1, 0.15) is 37.1 Å². The molecule has 1 aromatic heterocycles. The highest BCUT2D eigenvalue weighted by atomic mass is 32.1. The quantitative estimate of drug-likeness (QED) is 0.899. The largest absolute Gasteiger partial charge is 0.309 e. The first-order valence-corrected chi connectivity index (χ1v) is 8.12. The van der Waals surface area contributed by atoms with E-state index >= 15 is 0 Å². The van der Waals surface area contributed by atoms with Gasteiger partial charge in [-0.05, 0) is 49.1 Å². The van der Waals surface area contributed by atoms with E-state index in [-0.39, 0.29) is 0 Å². The summed E-state index contributed by atoms with van der Waals surface area (Å²) < 4.78 is 0. The zero-order chi connectivity index (χ0) is 12.6. The monoisotopic (exact) mass is 264 g/mol. The van der Waals surface area contributed by atoms with Gasteiger partial charge in [-0.2, -0.15) is 0 Å². The molecule has 100 valence electrons. The number of piperazine rings is 1. The molecule has 0 radical (unpaired) electrons. The van der Waals surface area contributed by atoms with Crippen LogP contribution in [0, 0.1) is 5.92 Å². The Bertz CT molecular complexity index is 410. The third-order valence-corrected chi connectivity index (χ3v) is 5.52. The van der Waals surface area contributed by atoms with Gasteiger partial charge in [-0.15, -0.1) is 11.3 Å². The zero-order valence-electron chi connectivity index (χ0n) is 11.5. The lowest BCUT2D eigenvalue weighted by Crippen LogP contribution is -2.59. The molecule has 1 atom stereocenters. The fourth-order valence-corrected chi connectivity index (χ4v) is 4.27. The van der Waals surface area contributed by atoms with Crippen molar-refractivity contribution in [2.75, 3.05) is 19.6 Å². The molecule has 2 nitrogen and oxygen atoms in total. The van der Waals surface area contributed by atoms with E-state index < -0.39 is 0 Å². The summed E-state index contributed by atoms with van der Waals surface area (Å²) in [5.74, 6) is 0.925. The lowest BCUT2D eigenvalue weighted by Gasteiger charge is -2.42. The highest BCUT2D eigenvalue weighted by molar-refractivity contribution is 7.10. The van der Waals surface area contributed by atoms with Gasteiger partial charge in [0.15, 0.2) is 0 Å². The van der Waals surface area contributed by atoms with E-state index in [9.17, 15) is 0 Å². The van der Waals surface area contributed by atoms with E-state index in [1.165, 1.54) is 32.4 Å². The van der Waals surface area contributed by atoms with Gasteiger partial charge in [0, 0.05) is 36.6 Å². The van der Waals surface area contributed by atoms with Gasteiger partial charge >= 0.3 is 0 Å². The van der Waals surface area contributed by atoms with Crippen LogP contribution in [0.4, 0.5) is 0 Å². The second kappa shape index (κ2) is 4.95. The Balaban J connectivity index is 1.66. The second-order valence-electron chi connectivity index (χ2n) is 6.05. The number of nitrogens with zero attached hydrogens (tertiary/aromatic N) is 1. The van der Waals surface area contributed by atoms with Crippen molar-refractivity contribution in [3.63, 3.8) is 0 Å². The maximum atomic E-state index is 3.76. The van der Waals surface area contributed by atoms with Crippen molar-refractivity contribution in [1.29, 1.82) is 0 Å². The van der Waals surface area contributed by atoms with Crippen LogP contribution >= 0.6 is 11.3 Å². The van der Waals surface area contributed by atoms with Crippen LogP contribution in [0.5, 0.6) is 0 Å². The molecule has 0 amide bonds. The van der Waals surface area contributed by atoms with Crippen molar-refractivity contribution in [3.05, 3.63) is 21.9 Å². The van der Waals surface area contributed by atoms with E-state index in [2.05, 4.69) is 35.5 Å². The Kier molecular flexibility index (Phi) is 3.48. The second-order valence-corrected chi connectivity index (χ2v) is 7.05. The van der Waals surface area contributed by atoms with Crippen LogP contribution in [0.3, 0.4) is 0 Å². The summed E-state index contributed by atoms with van der Waals surface area (Å²) >= 11 is 1.93. The molecule has 1 saturated heterocycles. The fourth-order valence-electron chi connectivity index (χ4n) is 3.25. The van der Waals surface area contributed by atoms with Gasteiger partial charge in [0.2, 0.25) is 0 Å². The van der Waals surface area contributed by atoms with E-state index in [1.807, 2.05) is 11.3 Å². The molecule has 18 heavy (non-hydrogen) atoms. The zero-order valence-corrected chi connectivity index (χ0v) is 12.4. The Labute approximate surface area is 114 Å². The van der Waals surface area contributed by atoms with Crippen LogP contribution in [-0.4, -0.2) is 30.1 Å². The molecule has 1 unspecified atom stereocenters. The predicted octanol–water partition coefficient (Wildman–Crippen LogP) is 2.88. The number of thiophene rings is 1. The molecular weight excluding hydrogens is 240 g/mol. The van der Waals surface area contributed by atoms with Crippen LogP contribution < -0.4 is 5.32 Å². The lowest BCUT2D eigenvalue weighted by molar-refractivity contribution is 0.122. The van der Waals surface area contributed by atoms with Crippen LogP contribution in [0.15, 0.2) is 11.4 Å². The molecule has 2 heterocycles. The van der Waals surface area contributed by atoms with Gasteiger partial charge in [-0.3, -0.25) is 4.90 Å². The number of rotatable bonds is 4. The first-order valence-electron chi connectivity index (χ1n) is 7.24. The smallest absolute Gasteiger partial charge is 0.0332 e. The van der Waals surface area contributed by atoms with E-state index in [0.717, 1.165) is 19.0 Å². The normalized spacial score (nSPS) is 29.7. The Hall–Kier alpha value is -0.380. The van der Waals surface area contributed by atoms with Gasteiger partial charge in [0.05, 0.1) is 0 Å². The van der Waals surface area contributed by atoms with Crippen LogP contribution in [0.2, 0.25) is 0 Å². The van der Waals surface area contributed by atoms with Crippen molar-refractivity contribution in [2.24, 2.45) is 5.92 Å². The van der Waals surface area contributed by atoms with Crippen LogP contribution in [0.25, 0.3) is 0 Å². The summed E-state index contributed by atoms with van der Waals surface area (Å²) in [6.07, 6.45) is 4.03. The molecule has 1 saturated carbocycles. The standard InChI is InChI=1S/C15H24N2S/c1-3-12-6-9-18-14(12)10-17-8-7-16-15(2,11-17)13-4-5-13/h6,9,13,16H,3-5,7-8,10-11H2,1-2H3. The molecule has 1 aromatic rings. The van der Waals surface area contributed by atoms with Gasteiger partial charge in [0.1, 0.15) is 0 Å². The maximum absolute atomic E-state index is 3.76. The molecule has 0 bridgehead atoms. The minimum Gasteiger partial charge on any atom is -0.309 e. The van der Waals surface area contributed by atoms with E-state index in [1.54, 1.807) is 10.4 Å². The SMILES string of the molecule is CCc1ccsc1CN1CCNC(C)(C2CC2)C1. The summed E-state index contributed by atoms with van der Waals surface area (Å²) in [6, 6.07) is 2.29. The number of nitrogens with one attached hydrogen (secondary N) is 1. The molecule has 3 heteroatoms. The summed E-state index contributed by atoms with van der Waals surface area (Å²) in [4.78, 5) is 4.23. The minimum atomic E-state index is 0.377. The van der Waals surface area contributed by atoms with E-state index in [0.29, 0.717) is 5.54 Å².